The summed E-state index contributed by atoms with van der Waals surface area (Å²) in [6.45, 7) is 1.89. The highest BCUT2D eigenvalue weighted by atomic mass is 79.9. The first kappa shape index (κ1) is 7.50. The van der Waals surface area contributed by atoms with Crippen LogP contribution in [0.3, 0.4) is 0 Å². The molecule has 9 heavy (non-hydrogen) atoms. The van der Waals surface area contributed by atoms with Gasteiger partial charge < -0.3 is 0 Å². The largest absolute Gasteiger partial charge is 0.289 e. The molecule has 0 spiro atoms. The van der Waals surface area contributed by atoms with Crippen LogP contribution in [0.5, 0.6) is 0 Å². The highest BCUT2D eigenvalue weighted by Crippen LogP contribution is 2.32. The third-order valence-corrected chi connectivity index (χ3v) is 3.34. The van der Waals surface area contributed by atoms with Crippen LogP contribution in [0.15, 0.2) is 0 Å². The Bertz CT molecular complexity index is 148. The summed E-state index contributed by atoms with van der Waals surface area (Å²) in [5.74, 6) is -0.0880. The molecule has 1 aliphatic rings. The van der Waals surface area contributed by atoms with Gasteiger partial charge in [-0.25, -0.2) is 5.43 Å². The Kier molecular flexibility index (Phi) is 1.84. The van der Waals surface area contributed by atoms with Crippen molar-refractivity contribution in [2.24, 2.45) is 0 Å². The Morgan fingerprint density at radius 3 is 2.33 bits per heavy atom. The Morgan fingerprint density at radius 1 is 1.67 bits per heavy atom. The molecule has 3 nitrogen and oxygen atoms in total. The van der Waals surface area contributed by atoms with Gasteiger partial charge in [0.05, 0.1) is 6.04 Å². The molecule has 2 N–H and O–H groups in total. The van der Waals surface area contributed by atoms with Gasteiger partial charge in [-0.3, -0.25) is 10.2 Å². The second-order valence-corrected chi connectivity index (χ2v) is 5.51. The lowest BCUT2D eigenvalue weighted by Crippen LogP contribution is -2.32. The van der Waals surface area contributed by atoms with Gasteiger partial charge in [-0.15, -0.1) is 0 Å². The summed E-state index contributed by atoms with van der Waals surface area (Å²) in [5, 5.41) is 0. The predicted molar refractivity (Wildman–Crippen MR) is 41.3 cm³/mol. The summed E-state index contributed by atoms with van der Waals surface area (Å²) in [6.07, 6.45) is 0. The van der Waals surface area contributed by atoms with Gasteiger partial charge in [-0.05, 0) is 6.92 Å². The maximum Gasteiger partial charge on any atom is 0.263 e. The third kappa shape index (κ3) is 1.13. The highest BCUT2D eigenvalue weighted by Gasteiger charge is 2.43. The van der Waals surface area contributed by atoms with Gasteiger partial charge in [0.15, 0.2) is 3.23 Å². The van der Waals surface area contributed by atoms with Crippen molar-refractivity contribution in [2.75, 3.05) is 0 Å². The van der Waals surface area contributed by atoms with Gasteiger partial charge in [0.1, 0.15) is 0 Å². The Labute approximate surface area is 69.8 Å². The lowest BCUT2D eigenvalue weighted by Gasteiger charge is -2.12. The normalized spacial score (nSPS) is 32.3. The molecule has 0 aromatic carbocycles. The molecule has 52 valence electrons. The fourth-order valence-corrected chi connectivity index (χ4v) is 0.972. The van der Waals surface area contributed by atoms with E-state index in [-0.39, 0.29) is 11.9 Å². The first-order valence-corrected chi connectivity index (χ1v) is 4.07. The number of hydrogen-bond donors (Lipinski definition) is 2. The monoisotopic (exact) mass is 256 g/mol. The van der Waals surface area contributed by atoms with Crippen LogP contribution >= 0.6 is 31.9 Å². The van der Waals surface area contributed by atoms with E-state index in [4.69, 9.17) is 0 Å². The molecule has 0 aromatic heterocycles. The zero-order valence-electron chi connectivity index (χ0n) is 4.74. The van der Waals surface area contributed by atoms with E-state index < -0.39 is 3.23 Å². The average Bonchev–Trinajstić information content (AvgIpc) is 1.96. The zero-order chi connectivity index (χ0) is 7.07. The number of rotatable bonds is 0. The molecule has 1 fully saturated rings. The quantitative estimate of drug-likeness (QED) is 0.621. The minimum atomic E-state index is -0.625. The van der Waals surface area contributed by atoms with Crippen LogP contribution < -0.4 is 10.9 Å². The molecule has 0 aromatic rings. The van der Waals surface area contributed by atoms with Crippen molar-refractivity contribution in [3.63, 3.8) is 0 Å². The molecule has 0 unspecified atom stereocenters. The fraction of sp³-hybridized carbons (Fsp3) is 0.750. The van der Waals surface area contributed by atoms with Crippen molar-refractivity contribution < 1.29 is 4.79 Å². The van der Waals surface area contributed by atoms with Gasteiger partial charge in [0.2, 0.25) is 0 Å². The van der Waals surface area contributed by atoms with Crippen LogP contribution in [0.25, 0.3) is 0 Å². The second kappa shape index (κ2) is 2.21. The van der Waals surface area contributed by atoms with Gasteiger partial charge in [-0.1, -0.05) is 31.9 Å². The van der Waals surface area contributed by atoms with Crippen LogP contribution in [0.4, 0.5) is 0 Å². The molecule has 1 heterocycles. The molecule has 1 amide bonds. The number of hydrazine groups is 1. The number of nitrogens with one attached hydrogen (secondary N) is 2. The van der Waals surface area contributed by atoms with E-state index in [1.807, 2.05) is 6.92 Å². The van der Waals surface area contributed by atoms with Crippen LogP contribution in [0.1, 0.15) is 6.92 Å². The number of alkyl halides is 2. The van der Waals surface area contributed by atoms with Gasteiger partial charge in [0, 0.05) is 0 Å². The molecule has 1 saturated heterocycles. The highest BCUT2D eigenvalue weighted by molar-refractivity contribution is 9.26. The molecule has 0 aliphatic carbocycles. The maximum atomic E-state index is 10.8. The minimum absolute atomic E-state index is 0.0602. The van der Waals surface area contributed by atoms with Crippen molar-refractivity contribution in [1.29, 1.82) is 0 Å². The van der Waals surface area contributed by atoms with E-state index in [1.54, 1.807) is 0 Å². The van der Waals surface area contributed by atoms with E-state index in [1.165, 1.54) is 0 Å². The van der Waals surface area contributed by atoms with E-state index in [0.29, 0.717) is 0 Å². The summed E-state index contributed by atoms with van der Waals surface area (Å²) < 4.78 is -0.625. The van der Waals surface area contributed by atoms with Crippen LogP contribution in [0, 0.1) is 0 Å². The summed E-state index contributed by atoms with van der Waals surface area (Å²) in [5.41, 5.74) is 5.24. The summed E-state index contributed by atoms with van der Waals surface area (Å²) >= 11 is 6.43. The van der Waals surface area contributed by atoms with Crippen molar-refractivity contribution >= 4 is 37.8 Å². The molecule has 0 radical (unpaired) electrons. The lowest BCUT2D eigenvalue weighted by atomic mass is 10.3. The van der Waals surface area contributed by atoms with E-state index >= 15 is 0 Å². The van der Waals surface area contributed by atoms with Crippen molar-refractivity contribution in [3.05, 3.63) is 0 Å². The number of carbonyl (C=O) groups excluding carboxylic acids is 1. The molecule has 1 aliphatic heterocycles. The molecular weight excluding hydrogens is 252 g/mol. The second-order valence-electron chi connectivity index (χ2n) is 1.94. The summed E-state index contributed by atoms with van der Waals surface area (Å²) in [4.78, 5) is 10.8. The third-order valence-electron chi connectivity index (χ3n) is 1.25. The van der Waals surface area contributed by atoms with E-state index in [0.717, 1.165) is 0 Å². The molecule has 1 atom stereocenters. The van der Waals surface area contributed by atoms with Crippen LogP contribution in [-0.2, 0) is 4.79 Å². The van der Waals surface area contributed by atoms with Crippen LogP contribution in [0.2, 0.25) is 0 Å². The molecule has 0 bridgehead atoms. The van der Waals surface area contributed by atoms with Gasteiger partial charge >= 0.3 is 0 Å². The fourth-order valence-electron chi connectivity index (χ4n) is 0.544. The predicted octanol–water partition coefficient (Wildman–Crippen LogP) is 0.495. The first-order valence-electron chi connectivity index (χ1n) is 2.49. The molecule has 0 saturated carbocycles. The van der Waals surface area contributed by atoms with Crippen molar-refractivity contribution in [3.8, 4) is 0 Å². The standard InChI is InChI=1S/C4H6Br2N2O/c1-2-4(5,6)3(9)8-7-2/h2,7H,1H3,(H,8,9)/t2-/m0/s1. The van der Waals surface area contributed by atoms with Crippen molar-refractivity contribution in [1.82, 2.24) is 10.9 Å². The van der Waals surface area contributed by atoms with Gasteiger partial charge in [0.25, 0.3) is 5.91 Å². The Hall–Kier alpha value is 0.390. The van der Waals surface area contributed by atoms with Gasteiger partial charge in [-0.2, -0.15) is 0 Å². The Morgan fingerprint density at radius 2 is 2.22 bits per heavy atom. The molecule has 5 heteroatoms. The number of halogens is 2. The summed E-state index contributed by atoms with van der Waals surface area (Å²) in [6, 6.07) is 0.0602. The number of hydrogen-bond acceptors (Lipinski definition) is 2. The van der Waals surface area contributed by atoms with E-state index in [2.05, 4.69) is 42.7 Å². The lowest BCUT2D eigenvalue weighted by molar-refractivity contribution is -0.119. The Balaban J connectivity index is 2.78. The smallest absolute Gasteiger partial charge is 0.263 e. The number of amides is 1. The summed E-state index contributed by atoms with van der Waals surface area (Å²) in [7, 11) is 0. The van der Waals surface area contributed by atoms with Crippen molar-refractivity contribution in [2.45, 2.75) is 16.2 Å². The zero-order valence-corrected chi connectivity index (χ0v) is 7.91. The molecular formula is C4H6Br2N2O. The topological polar surface area (TPSA) is 41.1 Å². The SMILES string of the molecule is C[C@@H]1NNC(=O)C1(Br)Br. The molecule has 1 rings (SSSR count). The first-order chi connectivity index (χ1) is 4.05. The van der Waals surface area contributed by atoms with E-state index in [9.17, 15) is 4.79 Å². The van der Waals surface area contributed by atoms with Crippen LogP contribution in [-0.4, -0.2) is 15.2 Å². The average molecular weight is 258 g/mol. The maximum absolute atomic E-state index is 10.8. The minimum Gasteiger partial charge on any atom is -0.289 e. The number of carbonyl (C=O) groups is 1.